The summed E-state index contributed by atoms with van der Waals surface area (Å²) < 4.78 is 5.99. The highest BCUT2D eigenvalue weighted by Gasteiger charge is 2.16. The summed E-state index contributed by atoms with van der Waals surface area (Å²) in [7, 11) is 1.40. The predicted octanol–water partition coefficient (Wildman–Crippen LogP) is 5.60. The number of carbonyl (C=O) groups excluding carboxylic acids is 1. The molecule has 0 radical (unpaired) electrons. The van der Waals surface area contributed by atoms with Crippen LogP contribution in [0.1, 0.15) is 10.4 Å². The molecule has 1 heterocycles. The van der Waals surface area contributed by atoms with Crippen molar-refractivity contribution in [2.75, 3.05) is 7.11 Å². The van der Waals surface area contributed by atoms with E-state index in [2.05, 4.69) is 15.9 Å². The summed E-state index contributed by atoms with van der Waals surface area (Å²) in [4.78, 5) is 17.2. The summed E-state index contributed by atoms with van der Waals surface area (Å²) in [6.45, 7) is 0. The normalized spacial score (nSPS) is 11.0. The summed E-state index contributed by atoms with van der Waals surface area (Å²) >= 11 is 3.44. The molecule has 0 saturated carbocycles. The van der Waals surface area contributed by atoms with Crippen molar-refractivity contribution in [3.63, 3.8) is 0 Å². The molecule has 4 aromatic rings. The fourth-order valence-corrected chi connectivity index (χ4v) is 3.27. The number of benzene rings is 3. The number of nitrogens with zero attached hydrogens (tertiary/aromatic N) is 1. The minimum absolute atomic E-state index is 0.360. The van der Waals surface area contributed by atoms with Crippen LogP contribution in [0.4, 0.5) is 0 Å². The smallest absolute Gasteiger partial charge is 0.338 e. The Kier molecular flexibility index (Phi) is 3.98. The van der Waals surface area contributed by atoms with Gasteiger partial charge in [-0.25, -0.2) is 9.78 Å². The van der Waals surface area contributed by atoms with Gasteiger partial charge in [0.2, 0.25) is 0 Å². The van der Waals surface area contributed by atoms with Gasteiger partial charge in [-0.1, -0.05) is 64.5 Å². The van der Waals surface area contributed by atoms with E-state index < -0.39 is 0 Å². The van der Waals surface area contributed by atoms with Crippen molar-refractivity contribution in [3.8, 4) is 11.3 Å². The number of halogens is 1. The largest absolute Gasteiger partial charge is 0.465 e. The quantitative estimate of drug-likeness (QED) is 0.329. The van der Waals surface area contributed by atoms with Crippen LogP contribution >= 0.6 is 15.9 Å². The van der Waals surface area contributed by atoms with E-state index in [1.165, 1.54) is 7.11 Å². The maximum absolute atomic E-state index is 12.3. The second kappa shape index (κ2) is 6.30. The molecule has 25 heavy (non-hydrogen) atoms. The van der Waals surface area contributed by atoms with Crippen LogP contribution in [-0.4, -0.2) is 18.1 Å². The molecule has 0 spiro atoms. The first-order valence-electron chi connectivity index (χ1n) is 7.84. The molecule has 0 aliphatic rings. The van der Waals surface area contributed by atoms with Gasteiger partial charge in [0.05, 0.1) is 23.9 Å². The van der Waals surface area contributed by atoms with Gasteiger partial charge in [0.15, 0.2) is 0 Å². The van der Waals surface area contributed by atoms with E-state index in [1.807, 2.05) is 60.7 Å². The molecular weight excluding hydrogens is 378 g/mol. The SMILES string of the molecule is COC(=O)c1cc(-c2ccc(Br)cc2)nc2c1ccc1ccccc12. The first-order valence-corrected chi connectivity index (χ1v) is 8.63. The number of aromatic nitrogens is 1. The summed E-state index contributed by atoms with van der Waals surface area (Å²) in [6.07, 6.45) is 0. The third kappa shape index (κ3) is 2.79. The van der Waals surface area contributed by atoms with Crippen molar-refractivity contribution in [1.29, 1.82) is 0 Å². The highest BCUT2D eigenvalue weighted by Crippen LogP contribution is 2.30. The number of ether oxygens (including phenoxy) is 1. The van der Waals surface area contributed by atoms with Crippen LogP contribution in [0, 0.1) is 0 Å². The van der Waals surface area contributed by atoms with E-state index >= 15 is 0 Å². The standard InChI is InChI=1S/C21H14BrNO2/c1-25-21(24)18-12-19(14-6-9-15(22)10-7-14)23-20-16-5-3-2-4-13(16)8-11-17(18)20/h2-12H,1H3. The van der Waals surface area contributed by atoms with Crippen molar-refractivity contribution in [1.82, 2.24) is 4.98 Å². The molecule has 0 aliphatic heterocycles. The average molecular weight is 392 g/mol. The summed E-state index contributed by atoms with van der Waals surface area (Å²) in [5.74, 6) is -0.360. The Morgan fingerprint density at radius 2 is 1.72 bits per heavy atom. The lowest BCUT2D eigenvalue weighted by Gasteiger charge is -2.11. The van der Waals surface area contributed by atoms with Gasteiger partial charge in [0.1, 0.15) is 0 Å². The van der Waals surface area contributed by atoms with E-state index in [1.54, 1.807) is 6.07 Å². The number of carbonyl (C=O) groups is 1. The Morgan fingerprint density at radius 3 is 2.48 bits per heavy atom. The molecule has 0 unspecified atom stereocenters. The lowest BCUT2D eigenvalue weighted by atomic mass is 10.00. The Labute approximate surface area is 153 Å². The van der Waals surface area contributed by atoms with Crippen molar-refractivity contribution in [3.05, 3.63) is 76.8 Å². The minimum Gasteiger partial charge on any atom is -0.465 e. The molecular formula is C21H14BrNO2. The van der Waals surface area contributed by atoms with Crippen molar-refractivity contribution >= 4 is 43.6 Å². The maximum atomic E-state index is 12.3. The monoisotopic (exact) mass is 391 g/mol. The average Bonchev–Trinajstić information content (AvgIpc) is 2.67. The van der Waals surface area contributed by atoms with Gasteiger partial charge in [-0.3, -0.25) is 0 Å². The number of hydrogen-bond donors (Lipinski definition) is 0. The second-order valence-corrected chi connectivity index (χ2v) is 6.65. The van der Waals surface area contributed by atoms with Gasteiger partial charge < -0.3 is 4.74 Å². The summed E-state index contributed by atoms with van der Waals surface area (Å²) in [5, 5.41) is 2.90. The number of methoxy groups -OCH3 is 1. The van der Waals surface area contributed by atoms with E-state index in [0.717, 1.165) is 37.4 Å². The maximum Gasteiger partial charge on any atom is 0.338 e. The molecule has 0 saturated heterocycles. The van der Waals surface area contributed by atoms with Crippen LogP contribution in [-0.2, 0) is 4.74 Å². The Morgan fingerprint density at radius 1 is 0.960 bits per heavy atom. The topological polar surface area (TPSA) is 39.2 Å². The highest BCUT2D eigenvalue weighted by molar-refractivity contribution is 9.10. The zero-order valence-corrected chi connectivity index (χ0v) is 15.1. The molecule has 0 bridgehead atoms. The van der Waals surface area contributed by atoms with Gasteiger partial charge in [0.25, 0.3) is 0 Å². The van der Waals surface area contributed by atoms with Crippen LogP contribution in [0.25, 0.3) is 32.9 Å². The van der Waals surface area contributed by atoms with E-state index in [0.29, 0.717) is 5.56 Å². The Bertz CT molecular complexity index is 1100. The van der Waals surface area contributed by atoms with E-state index in [4.69, 9.17) is 9.72 Å². The Balaban J connectivity index is 2.09. The third-order valence-corrected chi connectivity index (χ3v) is 4.78. The van der Waals surface area contributed by atoms with Gasteiger partial charge in [-0.15, -0.1) is 0 Å². The number of rotatable bonds is 2. The fraction of sp³-hybridized carbons (Fsp3) is 0.0476. The molecule has 0 fully saturated rings. The first-order chi connectivity index (χ1) is 12.2. The van der Waals surface area contributed by atoms with E-state index in [-0.39, 0.29) is 5.97 Å². The number of fused-ring (bicyclic) bond motifs is 3. The fourth-order valence-electron chi connectivity index (χ4n) is 3.01. The lowest BCUT2D eigenvalue weighted by Crippen LogP contribution is -2.04. The third-order valence-electron chi connectivity index (χ3n) is 4.25. The number of esters is 1. The molecule has 122 valence electrons. The first kappa shape index (κ1) is 15.8. The Hall–Kier alpha value is -2.72. The molecule has 3 aromatic carbocycles. The summed E-state index contributed by atoms with van der Waals surface area (Å²) in [6, 6.07) is 21.7. The van der Waals surface area contributed by atoms with E-state index in [9.17, 15) is 4.79 Å². The number of hydrogen-bond acceptors (Lipinski definition) is 3. The molecule has 0 aliphatic carbocycles. The van der Waals surface area contributed by atoms with Crippen LogP contribution in [0.3, 0.4) is 0 Å². The molecule has 0 atom stereocenters. The van der Waals surface area contributed by atoms with Crippen LogP contribution in [0.2, 0.25) is 0 Å². The molecule has 4 rings (SSSR count). The number of pyridine rings is 1. The molecule has 3 nitrogen and oxygen atoms in total. The molecule has 0 N–H and O–H groups in total. The van der Waals surface area contributed by atoms with Crippen molar-refractivity contribution in [2.24, 2.45) is 0 Å². The van der Waals surface area contributed by atoms with Gasteiger partial charge >= 0.3 is 5.97 Å². The summed E-state index contributed by atoms with van der Waals surface area (Å²) in [5.41, 5.74) is 3.02. The predicted molar refractivity (Wildman–Crippen MR) is 104 cm³/mol. The highest BCUT2D eigenvalue weighted by atomic mass is 79.9. The second-order valence-electron chi connectivity index (χ2n) is 5.74. The van der Waals surface area contributed by atoms with Crippen LogP contribution in [0.15, 0.2) is 71.2 Å². The van der Waals surface area contributed by atoms with Gasteiger partial charge in [0, 0.05) is 20.8 Å². The lowest BCUT2D eigenvalue weighted by molar-refractivity contribution is 0.0603. The van der Waals surface area contributed by atoms with Gasteiger partial charge in [-0.05, 0) is 23.6 Å². The van der Waals surface area contributed by atoms with Crippen molar-refractivity contribution < 1.29 is 9.53 Å². The molecule has 4 heteroatoms. The van der Waals surface area contributed by atoms with Crippen LogP contribution < -0.4 is 0 Å². The zero-order chi connectivity index (χ0) is 17.4. The van der Waals surface area contributed by atoms with Crippen molar-refractivity contribution in [2.45, 2.75) is 0 Å². The molecule has 1 aromatic heterocycles. The van der Waals surface area contributed by atoms with Crippen LogP contribution in [0.5, 0.6) is 0 Å². The minimum atomic E-state index is -0.360. The zero-order valence-electron chi connectivity index (χ0n) is 13.5. The molecule has 0 amide bonds. The van der Waals surface area contributed by atoms with Gasteiger partial charge in [-0.2, -0.15) is 0 Å².